The second-order valence-corrected chi connectivity index (χ2v) is 9.22. The molecule has 0 radical (unpaired) electrons. The van der Waals surface area contributed by atoms with Crippen molar-refractivity contribution in [2.75, 3.05) is 0 Å². The largest absolute Gasteiger partial charge is 0.277 e. The van der Waals surface area contributed by atoms with E-state index in [1.165, 1.54) is 11.1 Å². The number of rotatable bonds is 3. The molecule has 1 saturated carbocycles. The first-order chi connectivity index (χ1) is 10.2. The van der Waals surface area contributed by atoms with Gasteiger partial charge in [0.25, 0.3) is 10.2 Å². The third-order valence-electron chi connectivity index (χ3n) is 4.74. The van der Waals surface area contributed by atoms with E-state index in [0.29, 0.717) is 11.8 Å². The predicted molar refractivity (Wildman–Crippen MR) is 88.8 cm³/mol. The molecule has 0 aliphatic heterocycles. The normalized spacial score (nSPS) is 28.2. The molecule has 1 aromatic rings. The maximum atomic E-state index is 12.4. The van der Waals surface area contributed by atoms with Crippen molar-refractivity contribution in [1.29, 1.82) is 0 Å². The van der Waals surface area contributed by atoms with E-state index in [-0.39, 0.29) is 6.04 Å². The van der Waals surface area contributed by atoms with Crippen LogP contribution in [-0.4, -0.2) is 20.0 Å². The van der Waals surface area contributed by atoms with E-state index in [2.05, 4.69) is 33.7 Å². The van der Waals surface area contributed by atoms with Crippen molar-refractivity contribution in [1.82, 2.24) is 9.44 Å². The molecule has 122 valence electrons. The lowest BCUT2D eigenvalue weighted by Crippen LogP contribution is -2.52. The Morgan fingerprint density at radius 1 is 1.00 bits per heavy atom. The molecule has 0 heterocycles. The maximum absolute atomic E-state index is 12.4. The van der Waals surface area contributed by atoms with Crippen molar-refractivity contribution in [3.8, 4) is 0 Å². The fraction of sp³-hybridized carbons (Fsp3) is 0.647. The highest BCUT2D eigenvalue weighted by Crippen LogP contribution is 2.40. The minimum atomic E-state index is -3.47. The first-order valence-corrected chi connectivity index (χ1v) is 9.60. The van der Waals surface area contributed by atoms with Gasteiger partial charge in [-0.1, -0.05) is 24.3 Å². The first kappa shape index (κ1) is 16.0. The SMILES string of the molecule is CC(C)(C)NS(=O)(=O)NC1C2CCC1Cc1ccccc1C2. The van der Waals surface area contributed by atoms with Crippen LogP contribution in [0.2, 0.25) is 0 Å². The van der Waals surface area contributed by atoms with Gasteiger partial charge in [-0.2, -0.15) is 17.9 Å². The van der Waals surface area contributed by atoms with Crippen LogP contribution < -0.4 is 9.44 Å². The highest BCUT2D eigenvalue weighted by Gasteiger charge is 2.41. The van der Waals surface area contributed by atoms with E-state index in [0.717, 1.165) is 25.7 Å². The van der Waals surface area contributed by atoms with Gasteiger partial charge >= 0.3 is 0 Å². The van der Waals surface area contributed by atoms with Crippen LogP contribution in [0.1, 0.15) is 44.7 Å². The van der Waals surface area contributed by atoms with E-state index in [1.54, 1.807) is 0 Å². The summed E-state index contributed by atoms with van der Waals surface area (Å²) in [6.45, 7) is 5.59. The van der Waals surface area contributed by atoms with Gasteiger partial charge in [-0.25, -0.2) is 0 Å². The molecular formula is C17H26N2O2S. The van der Waals surface area contributed by atoms with Crippen molar-refractivity contribution in [2.45, 2.75) is 58.0 Å². The van der Waals surface area contributed by atoms with E-state index in [9.17, 15) is 8.42 Å². The molecule has 3 rings (SSSR count). The summed E-state index contributed by atoms with van der Waals surface area (Å²) in [5.41, 5.74) is 2.32. The van der Waals surface area contributed by atoms with Gasteiger partial charge in [0.05, 0.1) is 0 Å². The molecular weight excluding hydrogens is 296 g/mol. The van der Waals surface area contributed by atoms with E-state index in [1.807, 2.05) is 20.8 Å². The number of hydrogen-bond acceptors (Lipinski definition) is 2. The van der Waals surface area contributed by atoms with Crippen LogP contribution in [0.25, 0.3) is 0 Å². The topological polar surface area (TPSA) is 58.2 Å². The van der Waals surface area contributed by atoms with Gasteiger partial charge in [-0.05, 0) is 69.4 Å². The summed E-state index contributed by atoms with van der Waals surface area (Å²) < 4.78 is 30.5. The summed E-state index contributed by atoms with van der Waals surface area (Å²) in [5, 5.41) is 0. The molecule has 2 aliphatic carbocycles. The Balaban J connectivity index is 1.79. The summed E-state index contributed by atoms with van der Waals surface area (Å²) in [7, 11) is -3.47. The fourth-order valence-corrected chi connectivity index (χ4v) is 5.56. The molecule has 2 bridgehead atoms. The average molecular weight is 322 g/mol. The smallest absolute Gasteiger partial charge is 0.199 e. The standard InChI is InChI=1S/C17H26N2O2S/c1-17(2,3)19-22(20,21)18-16-14-8-9-15(16)11-13-7-5-4-6-12(13)10-14/h4-7,14-16,18-19H,8-11H2,1-3H3. The van der Waals surface area contributed by atoms with Gasteiger partial charge in [0.2, 0.25) is 0 Å². The summed E-state index contributed by atoms with van der Waals surface area (Å²) in [5.74, 6) is 0.815. The van der Waals surface area contributed by atoms with Crippen LogP contribution in [0.3, 0.4) is 0 Å². The number of benzene rings is 1. The lowest BCUT2D eigenvalue weighted by Gasteiger charge is -2.27. The molecule has 2 N–H and O–H groups in total. The van der Waals surface area contributed by atoms with E-state index in [4.69, 9.17) is 0 Å². The van der Waals surface area contributed by atoms with Crippen LogP contribution in [0.4, 0.5) is 0 Å². The van der Waals surface area contributed by atoms with Gasteiger partial charge in [0.1, 0.15) is 0 Å². The van der Waals surface area contributed by atoms with Crippen molar-refractivity contribution in [2.24, 2.45) is 11.8 Å². The molecule has 0 amide bonds. The van der Waals surface area contributed by atoms with Crippen LogP contribution in [0.15, 0.2) is 24.3 Å². The molecule has 0 aromatic heterocycles. The Hall–Kier alpha value is -0.910. The molecule has 0 spiro atoms. The molecule has 5 heteroatoms. The minimum absolute atomic E-state index is 0.0484. The van der Waals surface area contributed by atoms with Crippen molar-refractivity contribution in [3.05, 3.63) is 35.4 Å². The summed E-state index contributed by atoms with van der Waals surface area (Å²) in [6.07, 6.45) is 4.19. The number of nitrogens with one attached hydrogen (secondary N) is 2. The van der Waals surface area contributed by atoms with Gasteiger partial charge in [0.15, 0.2) is 0 Å². The average Bonchev–Trinajstić information content (AvgIpc) is 2.62. The fourth-order valence-electron chi connectivity index (χ4n) is 3.96. The first-order valence-electron chi connectivity index (χ1n) is 8.11. The highest BCUT2D eigenvalue weighted by molar-refractivity contribution is 7.87. The Morgan fingerprint density at radius 3 is 1.95 bits per heavy atom. The molecule has 1 fully saturated rings. The van der Waals surface area contributed by atoms with Gasteiger partial charge in [-0.3, -0.25) is 0 Å². The Labute approximate surface area is 133 Å². The Kier molecular flexibility index (Phi) is 4.08. The summed E-state index contributed by atoms with van der Waals surface area (Å²) in [6, 6.07) is 8.59. The minimum Gasteiger partial charge on any atom is -0.199 e. The van der Waals surface area contributed by atoms with Crippen molar-refractivity contribution in [3.63, 3.8) is 0 Å². The predicted octanol–water partition coefficient (Wildman–Crippen LogP) is 2.40. The van der Waals surface area contributed by atoms with E-state index >= 15 is 0 Å². The molecule has 1 aromatic carbocycles. The van der Waals surface area contributed by atoms with Crippen molar-refractivity contribution >= 4 is 10.2 Å². The van der Waals surface area contributed by atoms with Gasteiger partial charge in [0, 0.05) is 11.6 Å². The Bertz CT molecular complexity index is 616. The molecule has 2 aliphatic rings. The molecule has 2 atom stereocenters. The quantitative estimate of drug-likeness (QED) is 0.898. The van der Waals surface area contributed by atoms with Crippen LogP contribution in [0, 0.1) is 11.8 Å². The highest BCUT2D eigenvalue weighted by atomic mass is 32.2. The molecule has 0 saturated heterocycles. The van der Waals surface area contributed by atoms with Crippen LogP contribution >= 0.6 is 0 Å². The third kappa shape index (κ3) is 3.53. The van der Waals surface area contributed by atoms with Crippen molar-refractivity contribution < 1.29 is 8.42 Å². The second-order valence-electron chi connectivity index (χ2n) is 7.77. The van der Waals surface area contributed by atoms with Gasteiger partial charge < -0.3 is 0 Å². The number of hydrogen-bond donors (Lipinski definition) is 2. The van der Waals surface area contributed by atoms with Gasteiger partial charge in [-0.15, -0.1) is 0 Å². The molecule has 22 heavy (non-hydrogen) atoms. The second kappa shape index (κ2) is 5.62. The van der Waals surface area contributed by atoms with Crippen LogP contribution in [0.5, 0.6) is 0 Å². The molecule has 2 unspecified atom stereocenters. The third-order valence-corrected chi connectivity index (χ3v) is 6.20. The van der Waals surface area contributed by atoms with E-state index < -0.39 is 15.7 Å². The lowest BCUT2D eigenvalue weighted by atomic mass is 9.94. The van der Waals surface area contributed by atoms with Crippen LogP contribution in [-0.2, 0) is 23.1 Å². The zero-order valence-electron chi connectivity index (χ0n) is 13.6. The monoisotopic (exact) mass is 322 g/mol. The summed E-state index contributed by atoms with van der Waals surface area (Å²) in [4.78, 5) is 0. The maximum Gasteiger partial charge on any atom is 0.277 e. The molecule has 4 nitrogen and oxygen atoms in total. The number of fused-ring (bicyclic) bond motifs is 3. The summed E-state index contributed by atoms with van der Waals surface area (Å²) >= 11 is 0. The Morgan fingerprint density at radius 2 is 1.50 bits per heavy atom. The zero-order chi connectivity index (χ0) is 16.0. The zero-order valence-corrected chi connectivity index (χ0v) is 14.4. The lowest BCUT2D eigenvalue weighted by molar-refractivity contribution is 0.378.